The zero-order valence-electron chi connectivity index (χ0n) is 13.4. The Morgan fingerprint density at radius 2 is 1.60 bits per heavy atom. The largest absolute Gasteiger partial charge is 0.460 e. The molecule has 0 N–H and O–H groups in total. The fraction of sp³-hybridized carbons (Fsp3) is 0.500. The maximum atomic E-state index is 12.4. The van der Waals surface area contributed by atoms with Crippen molar-refractivity contribution < 1.29 is 9.53 Å². The molecule has 1 atom stereocenters. The lowest BCUT2D eigenvalue weighted by atomic mass is 9.80. The minimum absolute atomic E-state index is 0.169. The fourth-order valence-corrected chi connectivity index (χ4v) is 1.86. The average molecular weight is 274 g/mol. The van der Waals surface area contributed by atoms with Gasteiger partial charge >= 0.3 is 5.97 Å². The standard InChI is InChI=1S/C18H26O2/c1-17(2,3)15(16(19)20-18(4,5)6)13-12-14-10-8-7-9-11-14/h7-13,15H,1-6H3. The lowest BCUT2D eigenvalue weighted by Crippen LogP contribution is -2.34. The first-order chi connectivity index (χ1) is 9.09. The third-order valence-corrected chi connectivity index (χ3v) is 2.87. The molecular formula is C18H26O2. The van der Waals surface area contributed by atoms with E-state index in [1.54, 1.807) is 0 Å². The highest BCUT2D eigenvalue weighted by Crippen LogP contribution is 2.30. The van der Waals surface area contributed by atoms with E-state index < -0.39 is 5.60 Å². The SMILES string of the molecule is CC(C)(C)OC(=O)C(C=Cc1ccccc1)C(C)(C)C. The van der Waals surface area contributed by atoms with Crippen molar-refractivity contribution in [1.29, 1.82) is 0 Å². The smallest absolute Gasteiger partial charge is 0.313 e. The van der Waals surface area contributed by atoms with Gasteiger partial charge in [0.25, 0.3) is 0 Å². The van der Waals surface area contributed by atoms with Crippen molar-refractivity contribution in [2.45, 2.75) is 47.1 Å². The van der Waals surface area contributed by atoms with Gasteiger partial charge < -0.3 is 4.74 Å². The molecule has 20 heavy (non-hydrogen) atoms. The molecule has 0 amide bonds. The molecule has 1 rings (SSSR count). The van der Waals surface area contributed by atoms with E-state index in [0.29, 0.717) is 0 Å². The highest BCUT2D eigenvalue weighted by Gasteiger charge is 2.32. The van der Waals surface area contributed by atoms with Crippen LogP contribution in [-0.4, -0.2) is 11.6 Å². The molecule has 2 nitrogen and oxygen atoms in total. The van der Waals surface area contributed by atoms with Crippen molar-refractivity contribution in [1.82, 2.24) is 0 Å². The molecule has 1 unspecified atom stereocenters. The van der Waals surface area contributed by atoms with Crippen LogP contribution in [0.4, 0.5) is 0 Å². The van der Waals surface area contributed by atoms with Gasteiger partial charge in [0.1, 0.15) is 5.60 Å². The summed E-state index contributed by atoms with van der Waals surface area (Å²) in [4.78, 5) is 12.4. The van der Waals surface area contributed by atoms with Crippen molar-refractivity contribution in [2.75, 3.05) is 0 Å². The van der Waals surface area contributed by atoms with Crippen LogP contribution in [0.15, 0.2) is 36.4 Å². The van der Waals surface area contributed by atoms with Gasteiger partial charge in [-0.15, -0.1) is 0 Å². The molecule has 0 saturated heterocycles. The molecule has 1 aromatic carbocycles. The zero-order valence-corrected chi connectivity index (χ0v) is 13.4. The maximum Gasteiger partial charge on any atom is 0.313 e. The first-order valence-corrected chi connectivity index (χ1v) is 7.06. The number of carbonyl (C=O) groups excluding carboxylic acids is 1. The van der Waals surface area contributed by atoms with E-state index in [-0.39, 0.29) is 17.3 Å². The second kappa shape index (κ2) is 6.25. The van der Waals surface area contributed by atoms with Gasteiger partial charge in [0.15, 0.2) is 0 Å². The number of esters is 1. The molecule has 2 heteroatoms. The summed E-state index contributed by atoms with van der Waals surface area (Å²) in [6, 6.07) is 9.99. The molecule has 110 valence electrons. The molecule has 0 bridgehead atoms. The van der Waals surface area contributed by atoms with Crippen molar-refractivity contribution in [3.8, 4) is 0 Å². The van der Waals surface area contributed by atoms with Crippen LogP contribution >= 0.6 is 0 Å². The van der Waals surface area contributed by atoms with Crippen molar-refractivity contribution in [3.63, 3.8) is 0 Å². The third kappa shape index (κ3) is 5.60. The summed E-state index contributed by atoms with van der Waals surface area (Å²) < 4.78 is 5.52. The zero-order chi connectivity index (χ0) is 15.4. The molecule has 0 spiro atoms. The molecule has 0 fully saturated rings. The Balaban J connectivity index is 2.92. The van der Waals surface area contributed by atoms with Gasteiger partial charge in [-0.25, -0.2) is 0 Å². The molecule has 1 aromatic rings. The van der Waals surface area contributed by atoms with Crippen LogP contribution in [0, 0.1) is 11.3 Å². The summed E-state index contributed by atoms with van der Waals surface area (Å²) in [7, 11) is 0. The first-order valence-electron chi connectivity index (χ1n) is 7.06. The van der Waals surface area contributed by atoms with E-state index in [1.165, 1.54) is 0 Å². The highest BCUT2D eigenvalue weighted by atomic mass is 16.6. The lowest BCUT2D eigenvalue weighted by Gasteiger charge is -2.30. The topological polar surface area (TPSA) is 26.3 Å². The Morgan fingerprint density at radius 3 is 2.05 bits per heavy atom. The fourth-order valence-electron chi connectivity index (χ4n) is 1.86. The Kier molecular flexibility index (Phi) is 5.15. The van der Waals surface area contributed by atoms with Gasteiger partial charge in [0.05, 0.1) is 5.92 Å². The molecule has 0 heterocycles. The summed E-state index contributed by atoms with van der Waals surface area (Å²) >= 11 is 0. The van der Waals surface area contributed by atoms with E-state index >= 15 is 0 Å². The molecule has 0 aromatic heterocycles. The van der Waals surface area contributed by atoms with Gasteiger partial charge in [0.2, 0.25) is 0 Å². The number of hydrogen-bond donors (Lipinski definition) is 0. The van der Waals surface area contributed by atoms with Crippen molar-refractivity contribution >= 4 is 12.0 Å². The monoisotopic (exact) mass is 274 g/mol. The number of benzene rings is 1. The van der Waals surface area contributed by atoms with E-state index in [1.807, 2.05) is 63.3 Å². The minimum atomic E-state index is -0.457. The van der Waals surface area contributed by atoms with E-state index in [2.05, 4.69) is 20.8 Å². The summed E-state index contributed by atoms with van der Waals surface area (Å²) in [6.07, 6.45) is 3.93. The summed E-state index contributed by atoms with van der Waals surface area (Å²) in [5.41, 5.74) is 0.458. The van der Waals surface area contributed by atoms with Crippen molar-refractivity contribution in [3.05, 3.63) is 42.0 Å². The van der Waals surface area contributed by atoms with Crippen LogP contribution < -0.4 is 0 Å². The lowest BCUT2D eigenvalue weighted by molar-refractivity contribution is -0.161. The number of carbonyl (C=O) groups is 1. The first kappa shape index (κ1) is 16.5. The Bertz CT molecular complexity index is 458. The molecule has 0 aliphatic heterocycles. The Hall–Kier alpha value is -1.57. The predicted octanol–water partition coefficient (Wildman–Crippen LogP) is 4.70. The summed E-state index contributed by atoms with van der Waals surface area (Å²) in [5, 5.41) is 0. The van der Waals surface area contributed by atoms with Gasteiger partial charge in [-0.05, 0) is 31.7 Å². The van der Waals surface area contributed by atoms with Gasteiger partial charge in [-0.3, -0.25) is 4.79 Å². The van der Waals surface area contributed by atoms with Gasteiger partial charge in [0, 0.05) is 0 Å². The van der Waals surface area contributed by atoms with Gasteiger partial charge in [-0.1, -0.05) is 63.3 Å². The van der Waals surface area contributed by atoms with E-state index in [0.717, 1.165) is 5.56 Å². The third-order valence-electron chi connectivity index (χ3n) is 2.87. The van der Waals surface area contributed by atoms with Crippen LogP contribution in [0.2, 0.25) is 0 Å². The minimum Gasteiger partial charge on any atom is -0.460 e. The summed E-state index contributed by atoms with van der Waals surface area (Å²) in [5.74, 6) is -0.431. The highest BCUT2D eigenvalue weighted by molar-refractivity contribution is 5.77. The van der Waals surface area contributed by atoms with Crippen LogP contribution in [0.5, 0.6) is 0 Å². The molecule has 0 saturated carbocycles. The maximum absolute atomic E-state index is 12.4. The van der Waals surface area contributed by atoms with Crippen LogP contribution in [0.1, 0.15) is 47.1 Å². The van der Waals surface area contributed by atoms with Crippen LogP contribution in [0.25, 0.3) is 6.08 Å². The Morgan fingerprint density at radius 1 is 1.05 bits per heavy atom. The molecule has 0 aliphatic carbocycles. The van der Waals surface area contributed by atoms with Gasteiger partial charge in [-0.2, -0.15) is 0 Å². The molecule has 0 radical (unpaired) electrons. The van der Waals surface area contributed by atoms with E-state index in [4.69, 9.17) is 4.74 Å². The normalized spacial score (nSPS) is 14.3. The molecule has 0 aliphatic rings. The second-order valence-corrected chi connectivity index (χ2v) is 7.15. The van der Waals surface area contributed by atoms with E-state index in [9.17, 15) is 4.79 Å². The number of ether oxygens (including phenoxy) is 1. The Labute approximate surface area is 122 Å². The van der Waals surface area contributed by atoms with Crippen LogP contribution in [-0.2, 0) is 9.53 Å². The average Bonchev–Trinajstić information content (AvgIpc) is 2.26. The van der Waals surface area contributed by atoms with Crippen LogP contribution in [0.3, 0.4) is 0 Å². The quantitative estimate of drug-likeness (QED) is 0.746. The summed E-state index contributed by atoms with van der Waals surface area (Å²) in [6.45, 7) is 11.8. The number of rotatable bonds is 3. The predicted molar refractivity (Wildman–Crippen MR) is 84.3 cm³/mol. The van der Waals surface area contributed by atoms with Crippen molar-refractivity contribution in [2.24, 2.45) is 11.3 Å². The second-order valence-electron chi connectivity index (χ2n) is 7.15. The number of hydrogen-bond acceptors (Lipinski definition) is 2. The molecular weight excluding hydrogens is 248 g/mol.